The second-order valence-electron chi connectivity index (χ2n) is 7.58. The van der Waals surface area contributed by atoms with Crippen molar-refractivity contribution in [2.75, 3.05) is 34.5 Å². The average Bonchev–Trinajstić information content (AvgIpc) is 3.33. The molecule has 1 aliphatic heterocycles. The summed E-state index contributed by atoms with van der Waals surface area (Å²) in [7, 11) is 4.92. The lowest BCUT2D eigenvalue weighted by Gasteiger charge is -2.27. The lowest BCUT2D eigenvalue weighted by molar-refractivity contribution is 0.0721. The Morgan fingerprint density at radius 3 is 2.52 bits per heavy atom. The summed E-state index contributed by atoms with van der Waals surface area (Å²) in [5, 5.41) is 7.51. The Kier molecular flexibility index (Phi) is 5.95. The van der Waals surface area contributed by atoms with Crippen LogP contribution in [0.25, 0.3) is 11.3 Å². The van der Waals surface area contributed by atoms with Crippen molar-refractivity contribution in [1.29, 1.82) is 0 Å². The highest BCUT2D eigenvalue weighted by atomic mass is 16.5. The van der Waals surface area contributed by atoms with Gasteiger partial charge in [0, 0.05) is 37.0 Å². The van der Waals surface area contributed by atoms with E-state index in [-0.39, 0.29) is 11.9 Å². The standard InChI is InChI=1S/C24H27N3O4/c1-15-6-8-16(9-7-15)21-20-22(26-25-21)24(28)27(12-5-13-29-2)23(20)18-14-17(30-3)10-11-19(18)31-4/h6-11,14,23H,5,12-13H2,1-4H3,(H,25,26). The summed E-state index contributed by atoms with van der Waals surface area (Å²) in [6.45, 7) is 3.17. The van der Waals surface area contributed by atoms with Gasteiger partial charge in [-0.2, -0.15) is 5.10 Å². The first-order valence-electron chi connectivity index (χ1n) is 10.3. The van der Waals surface area contributed by atoms with Crippen molar-refractivity contribution in [3.05, 3.63) is 64.8 Å². The van der Waals surface area contributed by atoms with Crippen LogP contribution in [0.5, 0.6) is 11.5 Å². The van der Waals surface area contributed by atoms with Gasteiger partial charge in [0.05, 0.1) is 26.0 Å². The fraction of sp³-hybridized carbons (Fsp3) is 0.333. The fourth-order valence-corrected chi connectivity index (χ4v) is 4.11. The molecule has 0 spiro atoms. The van der Waals surface area contributed by atoms with E-state index in [9.17, 15) is 4.79 Å². The van der Waals surface area contributed by atoms with Crippen LogP contribution in [0.1, 0.15) is 39.6 Å². The zero-order valence-corrected chi connectivity index (χ0v) is 18.3. The number of aryl methyl sites for hydroxylation is 1. The number of fused-ring (bicyclic) bond motifs is 1. The molecule has 31 heavy (non-hydrogen) atoms. The van der Waals surface area contributed by atoms with Crippen molar-refractivity contribution in [3.8, 4) is 22.8 Å². The predicted octanol–water partition coefficient (Wildman–Crippen LogP) is 3.98. The van der Waals surface area contributed by atoms with Gasteiger partial charge in [-0.15, -0.1) is 0 Å². The number of carbonyl (C=O) groups excluding carboxylic acids is 1. The first kappa shape index (κ1) is 20.9. The van der Waals surface area contributed by atoms with Gasteiger partial charge in [-0.05, 0) is 31.5 Å². The van der Waals surface area contributed by atoms with Crippen LogP contribution in [0.4, 0.5) is 0 Å². The third kappa shape index (κ3) is 3.77. The second-order valence-corrected chi connectivity index (χ2v) is 7.58. The van der Waals surface area contributed by atoms with E-state index in [0.29, 0.717) is 30.3 Å². The lowest BCUT2D eigenvalue weighted by Crippen LogP contribution is -2.31. The van der Waals surface area contributed by atoms with Crippen LogP contribution in [0.2, 0.25) is 0 Å². The van der Waals surface area contributed by atoms with Gasteiger partial charge in [-0.3, -0.25) is 9.89 Å². The maximum Gasteiger partial charge on any atom is 0.273 e. The molecule has 1 amide bonds. The number of aromatic nitrogens is 2. The van der Waals surface area contributed by atoms with Crippen molar-refractivity contribution >= 4 is 5.91 Å². The summed E-state index contributed by atoms with van der Waals surface area (Å²) in [6, 6.07) is 13.5. The number of carbonyl (C=O) groups is 1. The van der Waals surface area contributed by atoms with Crippen LogP contribution in [0.15, 0.2) is 42.5 Å². The maximum absolute atomic E-state index is 13.4. The number of nitrogens with zero attached hydrogens (tertiary/aromatic N) is 2. The minimum absolute atomic E-state index is 0.0770. The van der Waals surface area contributed by atoms with Crippen LogP contribution in [-0.4, -0.2) is 55.5 Å². The van der Waals surface area contributed by atoms with Crippen LogP contribution >= 0.6 is 0 Å². The minimum atomic E-state index is -0.348. The van der Waals surface area contributed by atoms with Crippen LogP contribution in [0.3, 0.4) is 0 Å². The van der Waals surface area contributed by atoms with Gasteiger partial charge in [0.2, 0.25) is 0 Å². The molecule has 1 aromatic heterocycles. The molecule has 0 aliphatic carbocycles. The van der Waals surface area contributed by atoms with E-state index in [0.717, 1.165) is 28.8 Å². The summed E-state index contributed by atoms with van der Waals surface area (Å²) in [5.41, 5.74) is 5.13. The molecule has 2 heterocycles. The van der Waals surface area contributed by atoms with E-state index in [2.05, 4.69) is 10.2 Å². The monoisotopic (exact) mass is 421 g/mol. The van der Waals surface area contributed by atoms with Gasteiger partial charge in [-0.1, -0.05) is 29.8 Å². The molecule has 0 bridgehead atoms. The topological polar surface area (TPSA) is 76.7 Å². The number of H-pyrrole nitrogens is 1. The Morgan fingerprint density at radius 1 is 1.06 bits per heavy atom. The van der Waals surface area contributed by atoms with E-state index in [4.69, 9.17) is 14.2 Å². The molecule has 4 rings (SSSR count). The molecule has 1 N–H and O–H groups in total. The Balaban J connectivity index is 1.88. The van der Waals surface area contributed by atoms with Crippen molar-refractivity contribution in [3.63, 3.8) is 0 Å². The van der Waals surface area contributed by atoms with Gasteiger partial charge >= 0.3 is 0 Å². The van der Waals surface area contributed by atoms with Crippen molar-refractivity contribution in [1.82, 2.24) is 15.1 Å². The molecule has 7 nitrogen and oxygen atoms in total. The Labute approximate surface area is 181 Å². The smallest absolute Gasteiger partial charge is 0.273 e. The van der Waals surface area contributed by atoms with Crippen LogP contribution in [-0.2, 0) is 4.74 Å². The van der Waals surface area contributed by atoms with Gasteiger partial charge in [0.15, 0.2) is 0 Å². The van der Waals surface area contributed by atoms with Crippen LogP contribution < -0.4 is 9.47 Å². The third-order valence-corrected chi connectivity index (χ3v) is 5.67. The Hall–Kier alpha value is -3.32. The summed E-state index contributed by atoms with van der Waals surface area (Å²) < 4.78 is 16.4. The van der Waals surface area contributed by atoms with Crippen LogP contribution in [0, 0.1) is 6.92 Å². The summed E-state index contributed by atoms with van der Waals surface area (Å²) in [6.07, 6.45) is 0.725. The number of aromatic amines is 1. The van der Waals surface area contributed by atoms with Gasteiger partial charge < -0.3 is 19.1 Å². The molecule has 7 heteroatoms. The predicted molar refractivity (Wildman–Crippen MR) is 118 cm³/mol. The molecule has 162 valence electrons. The molecular weight excluding hydrogens is 394 g/mol. The summed E-state index contributed by atoms with van der Waals surface area (Å²) >= 11 is 0. The Bertz CT molecular complexity index is 1070. The number of hydrogen-bond acceptors (Lipinski definition) is 5. The average molecular weight is 421 g/mol. The van der Waals surface area contributed by atoms with E-state index in [1.807, 2.05) is 54.3 Å². The molecule has 2 aromatic carbocycles. The van der Waals surface area contributed by atoms with E-state index >= 15 is 0 Å². The highest BCUT2D eigenvalue weighted by Crippen LogP contribution is 2.46. The molecule has 3 aromatic rings. The van der Waals surface area contributed by atoms with E-state index in [1.54, 1.807) is 21.3 Å². The molecular formula is C24H27N3O4. The zero-order valence-electron chi connectivity index (χ0n) is 18.3. The summed E-state index contributed by atoms with van der Waals surface area (Å²) in [5.74, 6) is 1.32. The van der Waals surface area contributed by atoms with Crippen molar-refractivity contribution in [2.45, 2.75) is 19.4 Å². The minimum Gasteiger partial charge on any atom is -0.497 e. The van der Waals surface area contributed by atoms with Gasteiger partial charge in [0.25, 0.3) is 5.91 Å². The maximum atomic E-state index is 13.4. The quantitative estimate of drug-likeness (QED) is 0.557. The lowest BCUT2D eigenvalue weighted by atomic mass is 9.95. The first-order chi connectivity index (χ1) is 15.1. The number of ether oxygens (including phenoxy) is 3. The molecule has 1 aliphatic rings. The van der Waals surface area contributed by atoms with Gasteiger partial charge in [-0.25, -0.2) is 0 Å². The molecule has 0 saturated heterocycles. The van der Waals surface area contributed by atoms with E-state index in [1.165, 1.54) is 5.56 Å². The van der Waals surface area contributed by atoms with Gasteiger partial charge in [0.1, 0.15) is 17.2 Å². The normalized spacial score (nSPS) is 15.3. The number of benzene rings is 2. The number of methoxy groups -OCH3 is 3. The largest absolute Gasteiger partial charge is 0.497 e. The SMILES string of the molecule is COCCCN1C(=O)c2[nH]nc(-c3ccc(C)cc3)c2C1c1cc(OC)ccc1OC. The number of amides is 1. The highest BCUT2D eigenvalue weighted by molar-refractivity contribution is 6.00. The number of rotatable bonds is 8. The second kappa shape index (κ2) is 8.81. The van der Waals surface area contributed by atoms with Crippen molar-refractivity contribution in [2.24, 2.45) is 0 Å². The molecule has 0 saturated carbocycles. The highest BCUT2D eigenvalue weighted by Gasteiger charge is 2.43. The Morgan fingerprint density at radius 2 is 1.84 bits per heavy atom. The third-order valence-electron chi connectivity index (χ3n) is 5.67. The molecule has 0 fully saturated rings. The summed E-state index contributed by atoms with van der Waals surface area (Å²) in [4.78, 5) is 15.2. The molecule has 0 radical (unpaired) electrons. The molecule has 1 atom stereocenters. The first-order valence-corrected chi connectivity index (χ1v) is 10.3. The zero-order chi connectivity index (χ0) is 22.0. The number of hydrogen-bond donors (Lipinski definition) is 1. The fourth-order valence-electron chi connectivity index (χ4n) is 4.11. The van der Waals surface area contributed by atoms with E-state index < -0.39 is 0 Å². The molecule has 1 unspecified atom stereocenters. The number of nitrogens with one attached hydrogen (secondary N) is 1. The van der Waals surface area contributed by atoms with Crippen molar-refractivity contribution < 1.29 is 19.0 Å².